The van der Waals surface area contributed by atoms with E-state index in [1.165, 1.54) is 6.08 Å². The number of benzene rings is 2. The largest absolute Gasteiger partial charge is 0.494 e. The third kappa shape index (κ3) is 4.94. The first kappa shape index (κ1) is 19.2. The first-order valence-electron chi connectivity index (χ1n) is 7.56. The fourth-order valence-electron chi connectivity index (χ4n) is 2.33. The molecule has 2 N–H and O–H groups in total. The van der Waals surface area contributed by atoms with Crippen LogP contribution >= 0.6 is 31.9 Å². The van der Waals surface area contributed by atoms with Crippen LogP contribution in [0.25, 0.3) is 6.08 Å². The lowest BCUT2D eigenvalue weighted by molar-refractivity contribution is -0.114. The minimum Gasteiger partial charge on any atom is -0.494 e. The number of primary amides is 1. The van der Waals surface area contributed by atoms with E-state index < -0.39 is 5.91 Å². The van der Waals surface area contributed by atoms with Gasteiger partial charge in [-0.2, -0.15) is 5.26 Å². The Kier molecular flexibility index (Phi) is 6.80. The van der Waals surface area contributed by atoms with Crippen LogP contribution in [-0.4, -0.2) is 12.5 Å². The van der Waals surface area contributed by atoms with Gasteiger partial charge in [0.1, 0.15) is 17.4 Å². The second-order valence-corrected chi connectivity index (χ2v) is 6.92. The predicted molar refractivity (Wildman–Crippen MR) is 105 cm³/mol. The summed E-state index contributed by atoms with van der Waals surface area (Å²) in [5, 5.41) is 9.01. The molecule has 128 valence electrons. The Morgan fingerprint density at radius 2 is 2.00 bits per heavy atom. The van der Waals surface area contributed by atoms with Gasteiger partial charge in [-0.15, -0.1) is 0 Å². The molecule has 1 amide bonds. The molecule has 0 atom stereocenters. The van der Waals surface area contributed by atoms with Crippen molar-refractivity contribution >= 4 is 43.8 Å². The minimum absolute atomic E-state index is 0.104. The molecule has 0 spiro atoms. The average Bonchev–Trinajstić information content (AvgIpc) is 2.57. The number of halogens is 2. The molecule has 0 saturated heterocycles. The highest BCUT2D eigenvalue weighted by Gasteiger charge is 2.13. The summed E-state index contributed by atoms with van der Waals surface area (Å²) in [6.07, 6.45) is 2.13. The molecule has 2 rings (SSSR count). The zero-order valence-electron chi connectivity index (χ0n) is 13.6. The van der Waals surface area contributed by atoms with Crippen molar-refractivity contribution in [2.24, 2.45) is 5.73 Å². The van der Waals surface area contributed by atoms with Gasteiger partial charge in [0.15, 0.2) is 0 Å². The third-order valence-electron chi connectivity index (χ3n) is 3.50. The normalized spacial score (nSPS) is 11.0. The van der Waals surface area contributed by atoms with Gasteiger partial charge in [0.25, 0.3) is 5.91 Å². The molecule has 0 unspecified atom stereocenters. The Bertz CT molecular complexity index is 870. The molecule has 0 heterocycles. The van der Waals surface area contributed by atoms with E-state index in [1.807, 2.05) is 43.3 Å². The van der Waals surface area contributed by atoms with E-state index in [9.17, 15) is 4.79 Å². The SMILES string of the molecule is CCOc1cc(/C=C(\C#N)C(N)=O)cc(Br)c1Cc1ccccc1Br. The monoisotopic (exact) mass is 462 g/mol. The summed E-state index contributed by atoms with van der Waals surface area (Å²) in [6, 6.07) is 13.4. The molecule has 0 aromatic heterocycles. The van der Waals surface area contributed by atoms with Crippen LogP contribution in [0, 0.1) is 11.3 Å². The van der Waals surface area contributed by atoms with E-state index >= 15 is 0 Å². The third-order valence-corrected chi connectivity index (χ3v) is 4.98. The van der Waals surface area contributed by atoms with Gasteiger partial charge in [-0.05, 0) is 42.3 Å². The number of hydrogen-bond acceptors (Lipinski definition) is 3. The highest BCUT2D eigenvalue weighted by Crippen LogP contribution is 2.33. The number of nitrogens with two attached hydrogens (primary N) is 1. The fraction of sp³-hybridized carbons (Fsp3) is 0.158. The number of hydrogen-bond donors (Lipinski definition) is 1. The number of amides is 1. The lowest BCUT2D eigenvalue weighted by Gasteiger charge is -2.14. The molecule has 0 aliphatic heterocycles. The lowest BCUT2D eigenvalue weighted by atomic mass is 10.0. The maximum atomic E-state index is 11.3. The molecule has 6 heteroatoms. The van der Waals surface area contributed by atoms with E-state index in [4.69, 9.17) is 15.7 Å². The van der Waals surface area contributed by atoms with Gasteiger partial charge >= 0.3 is 0 Å². The van der Waals surface area contributed by atoms with Crippen LogP contribution in [0.5, 0.6) is 5.75 Å². The van der Waals surface area contributed by atoms with Crippen LogP contribution in [0.2, 0.25) is 0 Å². The minimum atomic E-state index is -0.756. The van der Waals surface area contributed by atoms with Gasteiger partial charge in [-0.1, -0.05) is 50.1 Å². The van der Waals surface area contributed by atoms with Gasteiger partial charge in [0.2, 0.25) is 0 Å². The first-order chi connectivity index (χ1) is 12.0. The standard InChI is InChI=1S/C19H16Br2N2O2/c1-2-25-18-9-12(7-14(11-22)19(23)24)8-17(21)15(18)10-13-5-3-4-6-16(13)20/h3-9H,2,10H2,1H3,(H2,23,24)/b14-7+. The molecular formula is C19H16Br2N2O2. The molecular weight excluding hydrogens is 448 g/mol. The van der Waals surface area contributed by atoms with E-state index in [0.29, 0.717) is 24.3 Å². The Morgan fingerprint density at radius 3 is 2.60 bits per heavy atom. The Balaban J connectivity index is 2.50. The summed E-state index contributed by atoms with van der Waals surface area (Å²) >= 11 is 7.14. The Morgan fingerprint density at radius 1 is 1.28 bits per heavy atom. The number of ether oxygens (including phenoxy) is 1. The summed E-state index contributed by atoms with van der Waals surface area (Å²) in [5.74, 6) is -0.0606. The van der Waals surface area contributed by atoms with Crippen molar-refractivity contribution < 1.29 is 9.53 Å². The van der Waals surface area contributed by atoms with Gasteiger partial charge in [-0.3, -0.25) is 4.79 Å². The lowest BCUT2D eigenvalue weighted by Crippen LogP contribution is -2.12. The van der Waals surface area contributed by atoms with Crippen molar-refractivity contribution in [1.82, 2.24) is 0 Å². The molecule has 0 aliphatic rings. The summed E-state index contributed by atoms with van der Waals surface area (Å²) in [6.45, 7) is 2.41. The summed E-state index contributed by atoms with van der Waals surface area (Å²) in [4.78, 5) is 11.3. The van der Waals surface area contributed by atoms with Crippen LogP contribution in [0.4, 0.5) is 0 Å². The van der Waals surface area contributed by atoms with Gasteiger partial charge in [0, 0.05) is 20.9 Å². The van der Waals surface area contributed by atoms with Crippen LogP contribution < -0.4 is 10.5 Å². The molecule has 0 aliphatic carbocycles. The second kappa shape index (κ2) is 8.84. The molecule has 0 fully saturated rings. The molecule has 4 nitrogen and oxygen atoms in total. The van der Waals surface area contributed by atoms with Gasteiger partial charge in [0.05, 0.1) is 6.61 Å². The number of carbonyl (C=O) groups is 1. The molecule has 0 bridgehead atoms. The number of carbonyl (C=O) groups excluding carboxylic acids is 1. The van der Waals surface area contributed by atoms with Crippen LogP contribution in [0.3, 0.4) is 0 Å². The highest BCUT2D eigenvalue weighted by atomic mass is 79.9. The average molecular weight is 464 g/mol. The van der Waals surface area contributed by atoms with Crippen molar-refractivity contribution in [2.45, 2.75) is 13.3 Å². The molecule has 0 radical (unpaired) electrons. The smallest absolute Gasteiger partial charge is 0.259 e. The number of rotatable bonds is 6. The number of nitrogens with zero attached hydrogens (tertiary/aromatic N) is 1. The quantitative estimate of drug-likeness (QED) is 0.502. The van der Waals surface area contributed by atoms with Crippen molar-refractivity contribution in [3.8, 4) is 11.8 Å². The molecule has 2 aromatic carbocycles. The second-order valence-electron chi connectivity index (χ2n) is 5.21. The topological polar surface area (TPSA) is 76.1 Å². The fourth-order valence-corrected chi connectivity index (χ4v) is 3.35. The van der Waals surface area contributed by atoms with Gasteiger partial charge < -0.3 is 10.5 Å². The molecule has 0 saturated carbocycles. The summed E-state index contributed by atoms with van der Waals surface area (Å²) in [5.41, 5.74) is 7.88. The van der Waals surface area contributed by atoms with E-state index in [-0.39, 0.29) is 5.57 Å². The van der Waals surface area contributed by atoms with E-state index in [1.54, 1.807) is 6.07 Å². The van der Waals surface area contributed by atoms with Crippen LogP contribution in [0.1, 0.15) is 23.6 Å². The maximum Gasteiger partial charge on any atom is 0.259 e. The van der Waals surface area contributed by atoms with Crippen molar-refractivity contribution in [3.05, 3.63) is 67.6 Å². The van der Waals surface area contributed by atoms with Crippen LogP contribution in [-0.2, 0) is 11.2 Å². The van der Waals surface area contributed by atoms with Crippen molar-refractivity contribution in [1.29, 1.82) is 5.26 Å². The van der Waals surface area contributed by atoms with Crippen molar-refractivity contribution in [2.75, 3.05) is 6.61 Å². The number of nitriles is 1. The van der Waals surface area contributed by atoms with E-state index in [0.717, 1.165) is 20.1 Å². The zero-order chi connectivity index (χ0) is 18.4. The first-order valence-corrected chi connectivity index (χ1v) is 9.15. The highest BCUT2D eigenvalue weighted by molar-refractivity contribution is 9.10. The molecule has 25 heavy (non-hydrogen) atoms. The van der Waals surface area contributed by atoms with Crippen LogP contribution in [0.15, 0.2) is 50.9 Å². The van der Waals surface area contributed by atoms with E-state index in [2.05, 4.69) is 31.9 Å². The summed E-state index contributed by atoms with van der Waals surface area (Å²) in [7, 11) is 0. The Hall–Kier alpha value is -2.10. The van der Waals surface area contributed by atoms with Crippen molar-refractivity contribution in [3.63, 3.8) is 0 Å². The predicted octanol–water partition coefficient (Wildman–Crippen LogP) is 4.59. The molecule has 2 aromatic rings. The maximum absolute atomic E-state index is 11.3. The van der Waals surface area contributed by atoms with Gasteiger partial charge in [-0.25, -0.2) is 0 Å². The summed E-state index contributed by atoms with van der Waals surface area (Å²) < 4.78 is 7.63. The Labute approximate surface area is 163 Å². The zero-order valence-corrected chi connectivity index (χ0v) is 16.7.